The molecule has 4 nitrogen and oxygen atoms in total. The van der Waals surface area contributed by atoms with Crippen LogP contribution in [0, 0.1) is 4.78 Å². The fraction of sp³-hybridized carbons (Fsp3) is 0.833. The zero-order valence-electron chi connectivity index (χ0n) is 6.79. The van der Waals surface area contributed by atoms with Crippen LogP contribution in [-0.2, 0) is 14.5 Å². The molecule has 3 N–H and O–H groups in total. The number of carbonyl (C=O) groups excluding carboxylic acids is 1. The lowest BCUT2D eigenvalue weighted by Gasteiger charge is -2.06. The van der Waals surface area contributed by atoms with E-state index in [2.05, 4.69) is 0 Å². The predicted octanol–water partition coefficient (Wildman–Crippen LogP) is -0.0306. The van der Waals surface area contributed by atoms with Gasteiger partial charge in [-0.25, -0.2) is 0 Å². The SMILES string of the molecule is CC(=O)[C@@H](N)CC[S@@](C)(=N)=O. The van der Waals surface area contributed by atoms with Crippen LogP contribution in [0.25, 0.3) is 0 Å². The minimum absolute atomic E-state index is 0.117. The van der Waals surface area contributed by atoms with Gasteiger partial charge in [0.25, 0.3) is 0 Å². The molecule has 0 aromatic carbocycles. The van der Waals surface area contributed by atoms with Crippen LogP contribution >= 0.6 is 0 Å². The number of nitrogens with two attached hydrogens (primary N) is 1. The summed E-state index contributed by atoms with van der Waals surface area (Å²) in [4.78, 5) is 10.6. The van der Waals surface area contributed by atoms with Crippen molar-refractivity contribution in [3.8, 4) is 0 Å². The molecule has 0 fully saturated rings. The van der Waals surface area contributed by atoms with Crippen LogP contribution in [0.1, 0.15) is 13.3 Å². The molecule has 0 radical (unpaired) electrons. The van der Waals surface area contributed by atoms with Gasteiger partial charge in [-0.2, -0.15) is 0 Å². The average Bonchev–Trinajstić information content (AvgIpc) is 1.80. The topological polar surface area (TPSA) is 84.0 Å². The summed E-state index contributed by atoms with van der Waals surface area (Å²) >= 11 is 0. The van der Waals surface area contributed by atoms with E-state index in [9.17, 15) is 9.00 Å². The molecule has 0 aliphatic carbocycles. The van der Waals surface area contributed by atoms with Gasteiger partial charge < -0.3 is 5.73 Å². The van der Waals surface area contributed by atoms with Gasteiger partial charge in [0.05, 0.1) is 6.04 Å². The Balaban J connectivity index is 3.82. The van der Waals surface area contributed by atoms with E-state index in [0.717, 1.165) is 0 Å². The van der Waals surface area contributed by atoms with Gasteiger partial charge in [-0.05, 0) is 13.3 Å². The molecular weight excluding hydrogens is 164 g/mol. The van der Waals surface area contributed by atoms with Gasteiger partial charge in [0.1, 0.15) is 5.78 Å². The van der Waals surface area contributed by atoms with Crippen LogP contribution in [0.5, 0.6) is 0 Å². The third-order valence-electron chi connectivity index (χ3n) is 1.34. The van der Waals surface area contributed by atoms with Crippen molar-refractivity contribution in [2.75, 3.05) is 12.0 Å². The van der Waals surface area contributed by atoms with Crippen LogP contribution in [0.2, 0.25) is 0 Å². The maximum Gasteiger partial charge on any atom is 0.146 e. The normalized spacial score (nSPS) is 18.8. The Labute approximate surface area is 67.1 Å². The van der Waals surface area contributed by atoms with Gasteiger partial charge in [-0.3, -0.25) is 13.8 Å². The molecule has 0 saturated carbocycles. The molecule has 2 atom stereocenters. The van der Waals surface area contributed by atoms with Crippen molar-refractivity contribution in [1.29, 1.82) is 4.78 Å². The van der Waals surface area contributed by atoms with E-state index in [1.807, 2.05) is 0 Å². The summed E-state index contributed by atoms with van der Waals surface area (Å²) in [5.41, 5.74) is 5.37. The molecule has 0 amide bonds. The molecule has 0 aromatic heterocycles. The van der Waals surface area contributed by atoms with E-state index < -0.39 is 15.8 Å². The average molecular weight is 178 g/mol. The fourth-order valence-corrected chi connectivity index (χ4v) is 1.26. The van der Waals surface area contributed by atoms with Gasteiger partial charge in [-0.1, -0.05) is 0 Å². The fourth-order valence-electron chi connectivity index (χ4n) is 0.555. The lowest BCUT2D eigenvalue weighted by molar-refractivity contribution is -0.118. The summed E-state index contributed by atoms with van der Waals surface area (Å²) in [6, 6.07) is -0.555. The van der Waals surface area contributed by atoms with Gasteiger partial charge in [0.15, 0.2) is 0 Å². The first-order chi connectivity index (χ1) is 4.83. The molecule has 0 aromatic rings. The van der Waals surface area contributed by atoms with Crippen molar-refractivity contribution in [3.05, 3.63) is 0 Å². The Hall–Kier alpha value is -0.420. The van der Waals surface area contributed by atoms with E-state index in [0.29, 0.717) is 6.42 Å². The second-order valence-corrected chi connectivity index (χ2v) is 5.13. The summed E-state index contributed by atoms with van der Waals surface area (Å²) in [7, 11) is -2.48. The molecule has 11 heavy (non-hydrogen) atoms. The van der Waals surface area contributed by atoms with Crippen LogP contribution in [0.15, 0.2) is 0 Å². The zero-order valence-corrected chi connectivity index (χ0v) is 7.61. The van der Waals surface area contributed by atoms with Gasteiger partial charge >= 0.3 is 0 Å². The van der Waals surface area contributed by atoms with Crippen LogP contribution < -0.4 is 5.73 Å². The predicted molar refractivity (Wildman–Crippen MR) is 44.9 cm³/mol. The summed E-state index contributed by atoms with van der Waals surface area (Å²) in [5.74, 6) is 0.0851. The highest BCUT2D eigenvalue weighted by Gasteiger charge is 2.09. The van der Waals surface area contributed by atoms with Crippen molar-refractivity contribution in [2.24, 2.45) is 5.73 Å². The monoisotopic (exact) mass is 178 g/mol. The van der Waals surface area contributed by atoms with Gasteiger partial charge in [0, 0.05) is 21.7 Å². The molecule has 66 valence electrons. The molecule has 0 heterocycles. The number of Topliss-reactive ketones (excluding diaryl/α,β-unsaturated/α-hetero) is 1. The van der Waals surface area contributed by atoms with Crippen molar-refractivity contribution < 1.29 is 9.00 Å². The maximum absolute atomic E-state index is 10.8. The Morgan fingerprint density at radius 2 is 2.18 bits per heavy atom. The lowest BCUT2D eigenvalue weighted by atomic mass is 10.2. The number of ketones is 1. The van der Waals surface area contributed by atoms with Gasteiger partial charge in [0.2, 0.25) is 0 Å². The number of carbonyl (C=O) groups is 1. The minimum atomic E-state index is -2.48. The highest BCUT2D eigenvalue weighted by molar-refractivity contribution is 7.91. The summed E-state index contributed by atoms with van der Waals surface area (Å²) in [6.45, 7) is 1.39. The molecule has 0 aliphatic rings. The molecule has 0 unspecified atom stereocenters. The van der Waals surface area contributed by atoms with E-state index in [4.69, 9.17) is 10.5 Å². The molecule has 0 saturated heterocycles. The van der Waals surface area contributed by atoms with Gasteiger partial charge in [-0.15, -0.1) is 0 Å². The quantitative estimate of drug-likeness (QED) is 0.634. The van der Waals surface area contributed by atoms with Crippen LogP contribution in [-0.4, -0.2) is 28.0 Å². The molecule has 0 bridgehead atoms. The Morgan fingerprint density at radius 1 is 1.73 bits per heavy atom. The van der Waals surface area contributed by atoms with Crippen molar-refractivity contribution >= 4 is 15.5 Å². The second kappa shape index (κ2) is 3.82. The number of hydrogen-bond donors (Lipinski definition) is 2. The second-order valence-electron chi connectivity index (χ2n) is 2.71. The maximum atomic E-state index is 10.8. The summed E-state index contributed by atoms with van der Waals surface area (Å²) in [6.07, 6.45) is 1.69. The van der Waals surface area contributed by atoms with E-state index in [1.165, 1.54) is 13.2 Å². The number of rotatable bonds is 4. The smallest absolute Gasteiger partial charge is 0.146 e. The molecular formula is C6H14N2O2S. The summed E-state index contributed by atoms with van der Waals surface area (Å²) < 4.78 is 17.8. The first-order valence-electron chi connectivity index (χ1n) is 3.30. The molecule has 0 aliphatic heterocycles. The highest BCUT2D eigenvalue weighted by atomic mass is 32.2. The number of nitrogens with one attached hydrogen (secondary N) is 1. The highest BCUT2D eigenvalue weighted by Crippen LogP contribution is 1.94. The Morgan fingerprint density at radius 3 is 2.45 bits per heavy atom. The van der Waals surface area contributed by atoms with E-state index in [-0.39, 0.29) is 11.5 Å². The van der Waals surface area contributed by atoms with Crippen LogP contribution in [0.4, 0.5) is 0 Å². The first-order valence-corrected chi connectivity index (χ1v) is 5.44. The lowest BCUT2D eigenvalue weighted by Crippen LogP contribution is -2.30. The summed E-state index contributed by atoms with van der Waals surface area (Å²) in [5, 5.41) is 0. The van der Waals surface area contributed by atoms with Crippen LogP contribution in [0.3, 0.4) is 0 Å². The van der Waals surface area contributed by atoms with E-state index >= 15 is 0 Å². The van der Waals surface area contributed by atoms with Crippen molar-refractivity contribution in [2.45, 2.75) is 19.4 Å². The number of hydrogen-bond acceptors (Lipinski definition) is 4. The Bertz CT molecular complexity index is 233. The van der Waals surface area contributed by atoms with Crippen molar-refractivity contribution in [3.63, 3.8) is 0 Å². The molecule has 0 rings (SSSR count). The van der Waals surface area contributed by atoms with Crippen molar-refractivity contribution in [1.82, 2.24) is 0 Å². The third kappa shape index (κ3) is 6.00. The standard InChI is InChI=1S/C6H14N2O2S/c1-5(9)6(7)3-4-11(2,8)10/h6,8H,3-4,7H2,1-2H3/t6-,11-/m0/s1. The zero-order chi connectivity index (χ0) is 9.07. The third-order valence-corrected chi connectivity index (χ3v) is 2.36. The molecule has 0 spiro atoms. The first kappa shape index (κ1) is 10.6. The molecule has 5 heteroatoms. The minimum Gasteiger partial charge on any atom is -0.321 e. The van der Waals surface area contributed by atoms with E-state index in [1.54, 1.807) is 0 Å². The Kier molecular flexibility index (Phi) is 3.68. The largest absolute Gasteiger partial charge is 0.321 e.